The normalized spacial score (nSPS) is 11.9. The minimum absolute atomic E-state index is 0. The summed E-state index contributed by atoms with van der Waals surface area (Å²) < 4.78 is 0. The van der Waals surface area contributed by atoms with E-state index in [9.17, 15) is 4.79 Å². The van der Waals surface area contributed by atoms with Crippen LogP contribution in [0.25, 0.3) is 10.9 Å². The number of halogens is 1. The number of aromatic nitrogens is 1. The summed E-state index contributed by atoms with van der Waals surface area (Å²) >= 11 is 0. The molecule has 0 radical (unpaired) electrons. The van der Waals surface area contributed by atoms with Crippen molar-refractivity contribution >= 4 is 46.7 Å². The number of amides is 1. The molecule has 6 nitrogen and oxygen atoms in total. The topological polar surface area (TPSA) is 95.3 Å². The number of nitrogens with two attached hydrogens (primary N) is 1. The van der Waals surface area contributed by atoms with Crippen LogP contribution in [0.4, 0.5) is 0 Å². The van der Waals surface area contributed by atoms with Crippen molar-refractivity contribution in [3.05, 3.63) is 36.0 Å². The maximum atomic E-state index is 11.4. The number of H-pyrrole nitrogens is 1. The summed E-state index contributed by atoms with van der Waals surface area (Å²) in [6.07, 6.45) is 2.93. The molecule has 2 rings (SSSR count). The van der Waals surface area contributed by atoms with Crippen LogP contribution in [0.5, 0.6) is 0 Å². The fraction of sp³-hybridized carbons (Fsp3) is 0.444. The van der Waals surface area contributed by atoms with E-state index in [2.05, 4.69) is 32.7 Å². The Kier molecular flexibility index (Phi) is 8.21. The zero-order valence-electron chi connectivity index (χ0n) is 15.1. The molecule has 0 saturated heterocycles. The summed E-state index contributed by atoms with van der Waals surface area (Å²) in [5, 5.41) is 7.74. The van der Waals surface area contributed by atoms with Crippen LogP contribution in [0.15, 0.2) is 35.5 Å². The van der Waals surface area contributed by atoms with E-state index in [1.807, 2.05) is 25.3 Å². The molecular weight excluding hydrogens is 429 g/mol. The molecule has 0 spiro atoms. The molecule has 1 heterocycles. The van der Waals surface area contributed by atoms with Crippen molar-refractivity contribution in [2.75, 3.05) is 19.6 Å². The van der Waals surface area contributed by atoms with Crippen molar-refractivity contribution < 1.29 is 4.79 Å². The van der Waals surface area contributed by atoms with Crippen molar-refractivity contribution in [1.29, 1.82) is 0 Å². The molecule has 0 atom stereocenters. The zero-order chi connectivity index (χ0) is 17.6. The number of rotatable bonds is 7. The number of guanidine groups is 1. The average Bonchev–Trinajstić information content (AvgIpc) is 2.96. The van der Waals surface area contributed by atoms with Gasteiger partial charge in [0.25, 0.3) is 0 Å². The molecule has 1 amide bonds. The first kappa shape index (κ1) is 21.3. The van der Waals surface area contributed by atoms with Crippen LogP contribution in [0.1, 0.15) is 26.3 Å². The largest absolute Gasteiger partial charge is 0.369 e. The third-order valence-corrected chi connectivity index (χ3v) is 4.01. The van der Waals surface area contributed by atoms with E-state index in [0.717, 1.165) is 25.0 Å². The van der Waals surface area contributed by atoms with Gasteiger partial charge < -0.3 is 21.4 Å². The summed E-state index contributed by atoms with van der Waals surface area (Å²) in [5.41, 5.74) is 7.16. The van der Waals surface area contributed by atoms with Crippen molar-refractivity contribution in [3.8, 4) is 0 Å². The number of primary amides is 1. The van der Waals surface area contributed by atoms with Gasteiger partial charge in [-0.05, 0) is 38.8 Å². The fourth-order valence-corrected chi connectivity index (χ4v) is 2.35. The SMILES string of the molecule is CCNC(=NCC(C)(C)C(N)=O)NCCc1c[nH]c2ccccc12.I. The summed E-state index contributed by atoms with van der Waals surface area (Å²) in [6, 6.07) is 8.27. The van der Waals surface area contributed by atoms with Crippen molar-refractivity contribution in [2.24, 2.45) is 16.1 Å². The number of benzene rings is 1. The fourth-order valence-electron chi connectivity index (χ4n) is 2.35. The number of carbonyl (C=O) groups is 1. The van der Waals surface area contributed by atoms with Crippen LogP contribution >= 0.6 is 24.0 Å². The second-order valence-corrected chi connectivity index (χ2v) is 6.48. The highest BCUT2D eigenvalue weighted by Gasteiger charge is 2.24. The highest BCUT2D eigenvalue weighted by atomic mass is 127. The number of nitrogens with one attached hydrogen (secondary N) is 3. The molecule has 0 bridgehead atoms. The maximum Gasteiger partial charge on any atom is 0.224 e. The van der Waals surface area contributed by atoms with E-state index < -0.39 is 5.41 Å². The zero-order valence-corrected chi connectivity index (χ0v) is 17.4. The van der Waals surface area contributed by atoms with E-state index in [1.54, 1.807) is 13.8 Å². The Morgan fingerprint density at radius 3 is 2.68 bits per heavy atom. The second-order valence-electron chi connectivity index (χ2n) is 6.48. The summed E-state index contributed by atoms with van der Waals surface area (Å²) in [4.78, 5) is 19.2. The Morgan fingerprint density at radius 1 is 1.28 bits per heavy atom. The molecule has 1 aromatic heterocycles. The van der Waals surface area contributed by atoms with Crippen LogP contribution in [0.3, 0.4) is 0 Å². The monoisotopic (exact) mass is 457 g/mol. The van der Waals surface area contributed by atoms with Gasteiger partial charge in [-0.1, -0.05) is 18.2 Å². The quantitative estimate of drug-likeness (QED) is 0.292. The molecule has 0 aliphatic heterocycles. The van der Waals surface area contributed by atoms with E-state index in [4.69, 9.17) is 5.73 Å². The number of para-hydroxylation sites is 1. The molecule has 2 aromatic rings. The van der Waals surface area contributed by atoms with Crippen molar-refractivity contribution in [2.45, 2.75) is 27.2 Å². The molecular formula is C18H28IN5O. The van der Waals surface area contributed by atoms with Crippen LogP contribution in [-0.2, 0) is 11.2 Å². The first-order chi connectivity index (χ1) is 11.4. The van der Waals surface area contributed by atoms with Crippen LogP contribution in [0, 0.1) is 5.41 Å². The van der Waals surface area contributed by atoms with Gasteiger partial charge in [0.05, 0.1) is 12.0 Å². The molecule has 25 heavy (non-hydrogen) atoms. The Balaban J connectivity index is 0.00000312. The van der Waals surface area contributed by atoms with Crippen LogP contribution < -0.4 is 16.4 Å². The molecule has 0 unspecified atom stereocenters. The molecule has 0 aliphatic carbocycles. The van der Waals surface area contributed by atoms with Crippen molar-refractivity contribution in [1.82, 2.24) is 15.6 Å². The number of fused-ring (bicyclic) bond motifs is 1. The summed E-state index contributed by atoms with van der Waals surface area (Å²) in [6.45, 7) is 7.48. The Bertz CT molecular complexity index is 723. The third kappa shape index (κ3) is 5.91. The van der Waals surface area contributed by atoms with Gasteiger partial charge >= 0.3 is 0 Å². The molecule has 0 fully saturated rings. The highest BCUT2D eigenvalue weighted by Crippen LogP contribution is 2.17. The lowest BCUT2D eigenvalue weighted by molar-refractivity contribution is -0.125. The Morgan fingerprint density at radius 2 is 2.00 bits per heavy atom. The molecule has 0 saturated carbocycles. The molecule has 0 aliphatic rings. The first-order valence-corrected chi connectivity index (χ1v) is 8.31. The molecule has 7 heteroatoms. The van der Waals surface area contributed by atoms with Crippen LogP contribution in [0.2, 0.25) is 0 Å². The number of aromatic amines is 1. The lowest BCUT2D eigenvalue weighted by Crippen LogP contribution is -2.40. The van der Waals surface area contributed by atoms with Crippen LogP contribution in [-0.4, -0.2) is 36.5 Å². The Labute approximate surface area is 166 Å². The smallest absolute Gasteiger partial charge is 0.224 e. The first-order valence-electron chi connectivity index (χ1n) is 8.31. The average molecular weight is 457 g/mol. The molecule has 5 N–H and O–H groups in total. The number of hydrogen-bond donors (Lipinski definition) is 4. The third-order valence-electron chi connectivity index (χ3n) is 4.01. The number of hydrogen-bond acceptors (Lipinski definition) is 2. The van der Waals surface area contributed by atoms with Gasteiger partial charge in [-0.2, -0.15) is 0 Å². The lowest BCUT2D eigenvalue weighted by Gasteiger charge is -2.19. The molecule has 1 aromatic carbocycles. The lowest BCUT2D eigenvalue weighted by atomic mass is 9.93. The van der Waals surface area contributed by atoms with E-state index >= 15 is 0 Å². The predicted molar refractivity (Wildman–Crippen MR) is 114 cm³/mol. The van der Waals surface area contributed by atoms with Gasteiger partial charge in [0.15, 0.2) is 5.96 Å². The maximum absolute atomic E-state index is 11.4. The van der Waals surface area contributed by atoms with E-state index in [1.165, 1.54) is 10.9 Å². The van der Waals surface area contributed by atoms with Gasteiger partial charge in [0.1, 0.15) is 0 Å². The van der Waals surface area contributed by atoms with Gasteiger partial charge in [0.2, 0.25) is 5.91 Å². The van der Waals surface area contributed by atoms with Gasteiger partial charge in [0, 0.05) is 30.2 Å². The number of nitrogens with zero attached hydrogens (tertiary/aromatic N) is 1. The Hall–Kier alpha value is -1.77. The summed E-state index contributed by atoms with van der Waals surface area (Å²) in [7, 11) is 0. The minimum atomic E-state index is -0.654. The van der Waals surface area contributed by atoms with Gasteiger partial charge in [-0.15, -0.1) is 24.0 Å². The number of aliphatic imine (C=N–C) groups is 1. The predicted octanol–water partition coefficient (Wildman–Crippen LogP) is 2.40. The summed E-state index contributed by atoms with van der Waals surface area (Å²) in [5.74, 6) is 0.354. The number of carbonyl (C=O) groups excluding carboxylic acids is 1. The van der Waals surface area contributed by atoms with E-state index in [-0.39, 0.29) is 29.9 Å². The van der Waals surface area contributed by atoms with E-state index in [0.29, 0.717) is 12.5 Å². The van der Waals surface area contributed by atoms with Gasteiger partial charge in [-0.25, -0.2) is 0 Å². The minimum Gasteiger partial charge on any atom is -0.369 e. The standard InChI is InChI=1S/C18H27N5O.HI/c1-4-20-17(23-12-18(2,3)16(19)24)21-10-9-13-11-22-15-8-6-5-7-14(13)15;/h5-8,11,22H,4,9-10,12H2,1-3H3,(H2,19,24)(H2,20,21,23);1H. The van der Waals surface area contributed by atoms with Gasteiger partial charge in [-0.3, -0.25) is 9.79 Å². The highest BCUT2D eigenvalue weighted by molar-refractivity contribution is 14.0. The molecule has 138 valence electrons. The van der Waals surface area contributed by atoms with Crippen molar-refractivity contribution in [3.63, 3.8) is 0 Å². The second kappa shape index (κ2) is 9.65.